The van der Waals surface area contributed by atoms with Crippen LogP contribution in [-0.4, -0.2) is 78.3 Å². The van der Waals surface area contributed by atoms with Gasteiger partial charge in [0.15, 0.2) is 6.61 Å². The maximum Gasteiger partial charge on any atom is 0.422 e. The molecular weight excluding hydrogens is 723 g/mol. The summed E-state index contributed by atoms with van der Waals surface area (Å²) in [7, 11) is 0. The van der Waals surface area contributed by atoms with Gasteiger partial charge in [0.25, 0.3) is 0 Å². The molecule has 2 aliphatic rings. The molecule has 3 aromatic rings. The van der Waals surface area contributed by atoms with Gasteiger partial charge in [0, 0.05) is 35.6 Å². The number of ether oxygens (including phenoxy) is 5. The SMILES string of the molecule is CC(C)(C)OC(=O)CC[C@@H](CO)NC(=O)C1=C[C@H]2OC(c3ccccc3)(c3ccccc3)O[C@H]2[C@H](OC(=O)c2ccc(C=CC(=O)OCC(F)(F)F)cc2)C1. The molecule has 2 N–H and O–H groups in total. The van der Waals surface area contributed by atoms with E-state index in [1.165, 1.54) is 30.3 Å². The summed E-state index contributed by atoms with van der Waals surface area (Å²) in [6.45, 7) is 3.05. The fourth-order valence-corrected chi connectivity index (χ4v) is 6.06. The lowest BCUT2D eigenvalue weighted by Gasteiger charge is -2.31. The average Bonchev–Trinajstić information content (AvgIpc) is 3.56. The summed E-state index contributed by atoms with van der Waals surface area (Å²) in [5, 5.41) is 12.8. The molecule has 1 saturated heterocycles. The second-order valence-corrected chi connectivity index (χ2v) is 14.0. The Balaban J connectivity index is 1.37. The van der Waals surface area contributed by atoms with E-state index in [9.17, 15) is 37.5 Å². The molecule has 0 radical (unpaired) electrons. The topological polar surface area (TPSA) is 147 Å². The molecule has 292 valence electrons. The molecule has 1 fully saturated rings. The van der Waals surface area contributed by atoms with Crippen molar-refractivity contribution in [1.82, 2.24) is 5.32 Å². The molecule has 0 spiro atoms. The highest BCUT2D eigenvalue weighted by Crippen LogP contribution is 2.47. The summed E-state index contributed by atoms with van der Waals surface area (Å²) in [6, 6.07) is 23.3. The first-order chi connectivity index (χ1) is 26.0. The Morgan fingerprint density at radius 1 is 0.927 bits per heavy atom. The number of carbonyl (C=O) groups is 4. The molecule has 1 aliphatic heterocycles. The van der Waals surface area contributed by atoms with Crippen LogP contribution >= 0.6 is 0 Å². The highest BCUT2D eigenvalue weighted by Gasteiger charge is 2.55. The fraction of sp³-hybridized carbons (Fsp3) is 0.366. The largest absolute Gasteiger partial charge is 0.460 e. The molecule has 4 atom stereocenters. The standard InChI is InChI=1S/C41H42F3NO10/c1-39(2,3)54-35(48)21-19-31(24-46)45-37(49)28-22-32(52-38(50)27-17-14-26(15-18-27)16-20-34(47)51-25-40(42,43)44)36-33(23-28)53-41(55-36,29-10-6-4-7-11-29)30-12-8-5-9-13-30/h4-18,20,23,31-33,36,46H,19,21-22,24-25H2,1-3H3,(H,45,49)/t31-,32+,33+,36-/m0/s1. The van der Waals surface area contributed by atoms with Crippen LogP contribution in [0.1, 0.15) is 67.1 Å². The van der Waals surface area contributed by atoms with E-state index in [4.69, 9.17) is 18.9 Å². The molecule has 3 aromatic carbocycles. The normalized spacial score (nSPS) is 19.8. The smallest absolute Gasteiger partial charge is 0.422 e. The van der Waals surface area contributed by atoms with Crippen molar-refractivity contribution in [2.24, 2.45) is 0 Å². The van der Waals surface area contributed by atoms with Crippen LogP contribution in [0.15, 0.2) is 103 Å². The minimum absolute atomic E-state index is 0.0445. The van der Waals surface area contributed by atoms with Crippen LogP contribution < -0.4 is 5.32 Å². The first kappa shape index (κ1) is 40.9. The number of halogens is 3. The highest BCUT2D eigenvalue weighted by molar-refractivity contribution is 5.94. The summed E-state index contributed by atoms with van der Waals surface area (Å²) >= 11 is 0. The molecule has 55 heavy (non-hydrogen) atoms. The fourth-order valence-electron chi connectivity index (χ4n) is 6.06. The van der Waals surface area contributed by atoms with Crippen LogP contribution in [-0.2, 0) is 43.9 Å². The maximum atomic E-state index is 13.7. The van der Waals surface area contributed by atoms with E-state index >= 15 is 0 Å². The predicted molar refractivity (Wildman–Crippen MR) is 192 cm³/mol. The second-order valence-electron chi connectivity index (χ2n) is 14.0. The van der Waals surface area contributed by atoms with Gasteiger partial charge in [0.1, 0.15) is 23.9 Å². The Bertz CT molecular complexity index is 1830. The number of aliphatic hydroxyl groups is 1. The quantitative estimate of drug-likeness (QED) is 0.122. The Hall–Kier alpha value is -5.31. The van der Waals surface area contributed by atoms with Gasteiger partial charge >= 0.3 is 24.1 Å². The van der Waals surface area contributed by atoms with Crippen LogP contribution in [0.2, 0.25) is 0 Å². The molecule has 0 bridgehead atoms. The number of esters is 3. The molecule has 0 aromatic heterocycles. The van der Waals surface area contributed by atoms with Gasteiger partial charge in [-0.3, -0.25) is 9.59 Å². The number of alkyl halides is 3. The van der Waals surface area contributed by atoms with Crippen molar-refractivity contribution >= 4 is 29.9 Å². The summed E-state index contributed by atoms with van der Waals surface area (Å²) in [5.74, 6) is -4.44. The van der Waals surface area contributed by atoms with E-state index in [1.807, 2.05) is 60.7 Å². The first-order valence-corrected chi connectivity index (χ1v) is 17.6. The number of hydrogen-bond acceptors (Lipinski definition) is 10. The predicted octanol–water partition coefficient (Wildman–Crippen LogP) is 5.95. The molecule has 1 aliphatic carbocycles. The van der Waals surface area contributed by atoms with Gasteiger partial charge in [-0.1, -0.05) is 72.8 Å². The van der Waals surface area contributed by atoms with E-state index in [0.29, 0.717) is 16.7 Å². The Labute approximate surface area is 316 Å². The molecule has 0 saturated carbocycles. The maximum absolute atomic E-state index is 13.7. The number of amides is 1. The molecule has 1 heterocycles. The van der Waals surface area contributed by atoms with Crippen molar-refractivity contribution < 1.29 is 61.1 Å². The molecule has 11 nitrogen and oxygen atoms in total. The van der Waals surface area contributed by atoms with Crippen LogP contribution in [0.3, 0.4) is 0 Å². The number of aliphatic hydroxyl groups excluding tert-OH is 1. The van der Waals surface area contributed by atoms with Gasteiger partial charge < -0.3 is 34.1 Å². The number of fused-ring (bicyclic) bond motifs is 1. The van der Waals surface area contributed by atoms with Crippen molar-refractivity contribution in [1.29, 1.82) is 0 Å². The van der Waals surface area contributed by atoms with Crippen LogP contribution in [0, 0.1) is 0 Å². The van der Waals surface area contributed by atoms with E-state index in [0.717, 1.165) is 6.08 Å². The number of benzene rings is 3. The third-order valence-corrected chi connectivity index (χ3v) is 8.55. The van der Waals surface area contributed by atoms with Crippen molar-refractivity contribution in [3.8, 4) is 0 Å². The summed E-state index contributed by atoms with van der Waals surface area (Å²) in [6.07, 6.45) is -3.81. The minimum atomic E-state index is -4.66. The zero-order chi connectivity index (χ0) is 39.8. The molecular formula is C41H42F3NO10. The van der Waals surface area contributed by atoms with Gasteiger partial charge in [0.2, 0.25) is 11.7 Å². The molecule has 5 rings (SSSR count). The van der Waals surface area contributed by atoms with Crippen LogP contribution in [0.5, 0.6) is 0 Å². The summed E-state index contributed by atoms with van der Waals surface area (Å²) in [5.41, 5.74) is 1.33. The van der Waals surface area contributed by atoms with E-state index in [2.05, 4.69) is 10.1 Å². The average molecular weight is 766 g/mol. The monoisotopic (exact) mass is 765 g/mol. The van der Waals surface area contributed by atoms with Crippen LogP contribution in [0.4, 0.5) is 13.2 Å². The molecule has 14 heteroatoms. The molecule has 0 unspecified atom stereocenters. The number of carbonyl (C=O) groups excluding carboxylic acids is 4. The first-order valence-electron chi connectivity index (χ1n) is 17.6. The lowest BCUT2D eigenvalue weighted by Crippen LogP contribution is -2.45. The Morgan fingerprint density at radius 2 is 1.55 bits per heavy atom. The lowest BCUT2D eigenvalue weighted by molar-refractivity contribution is -0.182. The number of rotatable bonds is 13. The lowest BCUT2D eigenvalue weighted by atomic mass is 9.91. The van der Waals surface area contributed by atoms with E-state index in [-0.39, 0.29) is 30.4 Å². The summed E-state index contributed by atoms with van der Waals surface area (Å²) < 4.78 is 66.0. The van der Waals surface area contributed by atoms with E-state index in [1.54, 1.807) is 26.8 Å². The Kier molecular flexibility index (Phi) is 13.0. The van der Waals surface area contributed by atoms with Gasteiger partial charge in [-0.05, 0) is 57.0 Å². The van der Waals surface area contributed by atoms with Crippen molar-refractivity contribution in [3.63, 3.8) is 0 Å². The van der Waals surface area contributed by atoms with Crippen LogP contribution in [0.25, 0.3) is 6.08 Å². The zero-order valence-corrected chi connectivity index (χ0v) is 30.4. The zero-order valence-electron chi connectivity index (χ0n) is 30.4. The third kappa shape index (κ3) is 11.1. The number of hydrogen-bond donors (Lipinski definition) is 2. The van der Waals surface area contributed by atoms with Gasteiger partial charge in [0.05, 0.1) is 18.2 Å². The van der Waals surface area contributed by atoms with Crippen molar-refractivity contribution in [2.75, 3.05) is 13.2 Å². The van der Waals surface area contributed by atoms with Gasteiger partial charge in [-0.25, -0.2) is 9.59 Å². The minimum Gasteiger partial charge on any atom is -0.460 e. The van der Waals surface area contributed by atoms with Gasteiger partial charge in [-0.15, -0.1) is 0 Å². The third-order valence-electron chi connectivity index (χ3n) is 8.55. The number of nitrogens with one attached hydrogen (secondary N) is 1. The second kappa shape index (κ2) is 17.4. The van der Waals surface area contributed by atoms with E-state index < -0.39 is 78.9 Å². The Morgan fingerprint density at radius 3 is 2.11 bits per heavy atom. The van der Waals surface area contributed by atoms with Crippen molar-refractivity contribution in [3.05, 3.63) is 125 Å². The highest BCUT2D eigenvalue weighted by atomic mass is 19.4. The molecule has 1 amide bonds. The van der Waals surface area contributed by atoms with Gasteiger partial charge in [-0.2, -0.15) is 13.2 Å². The van der Waals surface area contributed by atoms with Crippen molar-refractivity contribution in [2.45, 2.75) is 82.0 Å². The summed E-state index contributed by atoms with van der Waals surface area (Å²) in [4.78, 5) is 51.3.